The SMILES string of the molecule is C=C(C)CCSP(=O)(O)O. The first-order chi connectivity index (χ1) is 4.42. The first kappa shape index (κ1) is 10.2. The van der Waals surface area contributed by atoms with E-state index in [-0.39, 0.29) is 0 Å². The predicted molar refractivity (Wildman–Crippen MR) is 43.9 cm³/mol. The number of hydrogen-bond donors (Lipinski definition) is 2. The van der Waals surface area contributed by atoms with Gasteiger partial charge in [0.05, 0.1) is 0 Å². The molecule has 0 aliphatic carbocycles. The summed E-state index contributed by atoms with van der Waals surface area (Å²) >= 11 is 0.668. The first-order valence-corrected chi connectivity index (χ1v) is 5.96. The van der Waals surface area contributed by atoms with Crippen LogP contribution in [0.1, 0.15) is 13.3 Å². The van der Waals surface area contributed by atoms with Crippen LogP contribution in [0, 0.1) is 0 Å². The van der Waals surface area contributed by atoms with Crippen molar-refractivity contribution in [2.24, 2.45) is 0 Å². The van der Waals surface area contributed by atoms with Gasteiger partial charge in [-0.15, -0.1) is 6.58 Å². The lowest BCUT2D eigenvalue weighted by atomic mass is 10.3. The van der Waals surface area contributed by atoms with E-state index in [1.807, 2.05) is 6.92 Å². The van der Waals surface area contributed by atoms with E-state index >= 15 is 0 Å². The Bertz CT molecular complexity index is 162. The highest BCUT2D eigenvalue weighted by atomic mass is 32.7. The summed E-state index contributed by atoms with van der Waals surface area (Å²) in [5.41, 5.74) is 0.945. The number of allylic oxidation sites excluding steroid dienone is 1. The molecule has 0 aromatic rings. The lowest BCUT2D eigenvalue weighted by Gasteiger charge is -2.01. The zero-order valence-corrected chi connectivity index (χ0v) is 7.49. The van der Waals surface area contributed by atoms with Crippen LogP contribution in [-0.2, 0) is 4.57 Å². The van der Waals surface area contributed by atoms with E-state index in [0.717, 1.165) is 5.57 Å². The van der Waals surface area contributed by atoms with Crippen LogP contribution in [0.15, 0.2) is 12.2 Å². The van der Waals surface area contributed by atoms with Crippen LogP contribution in [0.5, 0.6) is 0 Å². The van der Waals surface area contributed by atoms with Gasteiger partial charge in [0.15, 0.2) is 0 Å². The molecule has 60 valence electrons. The largest absolute Gasteiger partial charge is 0.383 e. The van der Waals surface area contributed by atoms with Crippen molar-refractivity contribution in [2.75, 3.05) is 5.75 Å². The highest BCUT2D eigenvalue weighted by Crippen LogP contribution is 2.50. The maximum absolute atomic E-state index is 10.2. The Labute approximate surface area is 64.4 Å². The second kappa shape index (κ2) is 4.19. The van der Waals surface area contributed by atoms with Crippen LogP contribution in [-0.4, -0.2) is 15.5 Å². The molecule has 0 fully saturated rings. The maximum Gasteiger partial charge on any atom is 0.383 e. The molecule has 0 bridgehead atoms. The molecule has 0 unspecified atom stereocenters. The summed E-state index contributed by atoms with van der Waals surface area (Å²) in [6, 6.07) is 0. The summed E-state index contributed by atoms with van der Waals surface area (Å²) in [7, 11) is 0. The Kier molecular flexibility index (Phi) is 4.29. The molecule has 0 radical (unpaired) electrons. The van der Waals surface area contributed by atoms with Crippen molar-refractivity contribution in [3.63, 3.8) is 0 Å². The van der Waals surface area contributed by atoms with Gasteiger partial charge in [0, 0.05) is 5.75 Å². The zero-order chi connectivity index (χ0) is 8.20. The van der Waals surface area contributed by atoms with Crippen molar-refractivity contribution in [1.82, 2.24) is 0 Å². The summed E-state index contributed by atoms with van der Waals surface area (Å²) < 4.78 is 10.2. The summed E-state index contributed by atoms with van der Waals surface area (Å²) in [6.45, 7) is 1.60. The third kappa shape index (κ3) is 8.24. The second-order valence-corrected chi connectivity index (χ2v) is 5.88. The van der Waals surface area contributed by atoms with E-state index in [0.29, 0.717) is 23.6 Å². The zero-order valence-electron chi connectivity index (χ0n) is 5.78. The topological polar surface area (TPSA) is 57.5 Å². The maximum atomic E-state index is 10.2. The van der Waals surface area contributed by atoms with Gasteiger partial charge in [0.25, 0.3) is 0 Å². The third-order valence-corrected chi connectivity index (χ3v) is 3.07. The Morgan fingerprint density at radius 3 is 2.50 bits per heavy atom. The fourth-order valence-electron chi connectivity index (χ4n) is 0.339. The minimum atomic E-state index is -3.85. The average Bonchev–Trinajstić information content (AvgIpc) is 1.59. The lowest BCUT2D eigenvalue weighted by molar-refractivity contribution is 0.397. The van der Waals surface area contributed by atoms with Crippen molar-refractivity contribution in [1.29, 1.82) is 0 Å². The van der Waals surface area contributed by atoms with E-state index in [9.17, 15) is 4.57 Å². The standard InChI is InChI=1S/C5H11O3PS/c1-5(2)3-4-10-9(6,7)8/h1,3-4H2,2H3,(H2,6,7,8). The molecule has 3 nitrogen and oxygen atoms in total. The highest BCUT2D eigenvalue weighted by Gasteiger charge is 2.11. The van der Waals surface area contributed by atoms with Gasteiger partial charge < -0.3 is 9.79 Å². The third-order valence-electron chi connectivity index (χ3n) is 0.788. The molecule has 0 aromatic carbocycles. The minimum Gasteiger partial charge on any atom is -0.317 e. The van der Waals surface area contributed by atoms with Crippen LogP contribution in [0.2, 0.25) is 0 Å². The van der Waals surface area contributed by atoms with Crippen molar-refractivity contribution >= 4 is 18.2 Å². The summed E-state index contributed by atoms with van der Waals surface area (Å²) in [5, 5.41) is 0. The van der Waals surface area contributed by atoms with Crippen LogP contribution < -0.4 is 0 Å². The molecule has 0 rings (SSSR count). The fraction of sp³-hybridized carbons (Fsp3) is 0.600. The van der Waals surface area contributed by atoms with Gasteiger partial charge in [-0.3, -0.25) is 0 Å². The first-order valence-electron chi connectivity index (χ1n) is 2.76. The quantitative estimate of drug-likeness (QED) is 0.514. The van der Waals surface area contributed by atoms with Crippen molar-refractivity contribution < 1.29 is 14.4 Å². The van der Waals surface area contributed by atoms with Gasteiger partial charge in [0.2, 0.25) is 0 Å². The molecular formula is C5H11O3PS. The Morgan fingerprint density at radius 1 is 1.70 bits per heavy atom. The average molecular weight is 182 g/mol. The summed E-state index contributed by atoms with van der Waals surface area (Å²) in [4.78, 5) is 16.7. The van der Waals surface area contributed by atoms with Gasteiger partial charge in [-0.25, -0.2) is 4.57 Å². The lowest BCUT2D eigenvalue weighted by Crippen LogP contribution is -1.80. The van der Waals surface area contributed by atoms with E-state index in [4.69, 9.17) is 9.79 Å². The molecule has 10 heavy (non-hydrogen) atoms. The molecule has 0 saturated heterocycles. The molecule has 0 aliphatic rings. The Morgan fingerprint density at radius 2 is 2.20 bits per heavy atom. The molecule has 0 aliphatic heterocycles. The fourth-order valence-corrected chi connectivity index (χ4v) is 2.00. The van der Waals surface area contributed by atoms with Crippen LogP contribution in [0.3, 0.4) is 0 Å². The van der Waals surface area contributed by atoms with E-state index < -0.39 is 6.80 Å². The molecule has 0 aromatic heterocycles. The van der Waals surface area contributed by atoms with Crippen molar-refractivity contribution in [3.05, 3.63) is 12.2 Å². The summed E-state index contributed by atoms with van der Waals surface area (Å²) in [5.74, 6) is 0.444. The van der Waals surface area contributed by atoms with Gasteiger partial charge in [-0.1, -0.05) is 5.57 Å². The monoisotopic (exact) mass is 182 g/mol. The van der Waals surface area contributed by atoms with Crippen molar-refractivity contribution in [3.8, 4) is 0 Å². The second-order valence-electron chi connectivity index (χ2n) is 2.03. The molecule has 0 atom stereocenters. The molecule has 0 amide bonds. The minimum absolute atomic E-state index is 0.444. The Balaban J connectivity index is 3.39. The molecule has 2 N–H and O–H groups in total. The van der Waals surface area contributed by atoms with E-state index in [2.05, 4.69) is 6.58 Å². The smallest absolute Gasteiger partial charge is 0.317 e. The van der Waals surface area contributed by atoms with Gasteiger partial charge in [-0.05, 0) is 24.7 Å². The van der Waals surface area contributed by atoms with E-state index in [1.54, 1.807) is 0 Å². The molecular weight excluding hydrogens is 171 g/mol. The van der Waals surface area contributed by atoms with Gasteiger partial charge in [0.1, 0.15) is 0 Å². The normalized spacial score (nSPS) is 11.5. The molecule has 0 saturated carbocycles. The number of rotatable bonds is 4. The van der Waals surface area contributed by atoms with Crippen LogP contribution >= 0.6 is 18.2 Å². The van der Waals surface area contributed by atoms with Crippen molar-refractivity contribution in [2.45, 2.75) is 13.3 Å². The van der Waals surface area contributed by atoms with Crippen LogP contribution in [0.25, 0.3) is 0 Å². The molecule has 0 heterocycles. The van der Waals surface area contributed by atoms with Gasteiger partial charge in [-0.2, -0.15) is 0 Å². The highest BCUT2D eigenvalue weighted by molar-refractivity contribution is 8.54. The van der Waals surface area contributed by atoms with Gasteiger partial charge >= 0.3 is 6.80 Å². The molecule has 0 spiro atoms. The number of hydrogen-bond acceptors (Lipinski definition) is 2. The summed E-state index contributed by atoms with van der Waals surface area (Å²) in [6.07, 6.45) is 0.662. The molecule has 5 heteroatoms. The Hall–Kier alpha value is 0.240. The van der Waals surface area contributed by atoms with Crippen LogP contribution in [0.4, 0.5) is 0 Å². The van der Waals surface area contributed by atoms with E-state index in [1.165, 1.54) is 0 Å². The predicted octanol–water partition coefficient (Wildman–Crippen LogP) is 1.78.